The van der Waals surface area contributed by atoms with Gasteiger partial charge in [0.05, 0.1) is 12.1 Å². The van der Waals surface area contributed by atoms with Gasteiger partial charge in [0.25, 0.3) is 5.91 Å². The lowest BCUT2D eigenvalue weighted by Gasteiger charge is -2.08. The van der Waals surface area contributed by atoms with Crippen molar-refractivity contribution < 1.29 is 14.3 Å². The fourth-order valence-electron chi connectivity index (χ4n) is 1.81. The van der Waals surface area contributed by atoms with Crippen LogP contribution in [0.1, 0.15) is 26.4 Å². The first-order valence-electron chi connectivity index (χ1n) is 6.59. The van der Waals surface area contributed by atoms with Crippen LogP contribution in [0.25, 0.3) is 0 Å². The molecule has 1 aromatic carbocycles. The molecule has 1 heterocycles. The van der Waals surface area contributed by atoms with Gasteiger partial charge in [0.2, 0.25) is 0 Å². The molecule has 0 saturated carbocycles. The Hall–Kier alpha value is -2.14. The van der Waals surface area contributed by atoms with Crippen molar-refractivity contribution in [3.05, 3.63) is 57.3 Å². The Morgan fingerprint density at radius 1 is 1.24 bits per heavy atom. The minimum atomic E-state index is -0.470. The Morgan fingerprint density at radius 3 is 2.76 bits per heavy atom. The number of hydrogen-bond donors (Lipinski definition) is 1. The van der Waals surface area contributed by atoms with Crippen molar-refractivity contribution in [3.8, 4) is 0 Å². The van der Waals surface area contributed by atoms with Crippen LogP contribution in [0.3, 0.4) is 0 Å². The maximum atomic E-state index is 12.0. The third kappa shape index (κ3) is 4.43. The topological polar surface area (TPSA) is 55.4 Å². The van der Waals surface area contributed by atoms with Gasteiger partial charge < -0.3 is 10.1 Å². The summed E-state index contributed by atoms with van der Waals surface area (Å²) >= 11 is 1.57. The zero-order valence-corrected chi connectivity index (χ0v) is 12.8. The Labute approximate surface area is 127 Å². The lowest BCUT2D eigenvalue weighted by atomic mass is 10.1. The molecule has 1 amide bonds. The third-order valence-electron chi connectivity index (χ3n) is 2.99. The second kappa shape index (κ2) is 7.04. The average Bonchev–Trinajstić information content (AvgIpc) is 2.98. The lowest BCUT2D eigenvalue weighted by molar-refractivity contribution is -0.124. The Balaban J connectivity index is 1.83. The number of ether oxygens (including phenoxy) is 1. The van der Waals surface area contributed by atoms with E-state index in [1.165, 1.54) is 0 Å². The highest BCUT2D eigenvalue weighted by Gasteiger charge is 2.12. The molecule has 0 bridgehead atoms. The Bertz CT molecular complexity index is 635. The van der Waals surface area contributed by atoms with E-state index < -0.39 is 5.97 Å². The van der Waals surface area contributed by atoms with Gasteiger partial charge in [-0.3, -0.25) is 4.79 Å². The fraction of sp³-hybridized carbons (Fsp3) is 0.250. The highest BCUT2D eigenvalue weighted by atomic mass is 32.1. The van der Waals surface area contributed by atoms with E-state index in [1.54, 1.807) is 17.4 Å². The molecule has 0 atom stereocenters. The van der Waals surface area contributed by atoms with E-state index in [0.717, 1.165) is 16.0 Å². The van der Waals surface area contributed by atoms with Crippen LogP contribution < -0.4 is 5.32 Å². The van der Waals surface area contributed by atoms with E-state index in [-0.39, 0.29) is 12.5 Å². The number of nitrogens with one attached hydrogen (secondary N) is 1. The summed E-state index contributed by atoms with van der Waals surface area (Å²) in [7, 11) is 0. The van der Waals surface area contributed by atoms with Gasteiger partial charge in [-0.2, -0.15) is 0 Å². The number of thiophene rings is 1. The van der Waals surface area contributed by atoms with Crippen molar-refractivity contribution in [1.82, 2.24) is 5.32 Å². The Morgan fingerprint density at radius 2 is 2.05 bits per heavy atom. The van der Waals surface area contributed by atoms with Gasteiger partial charge in [-0.25, -0.2) is 4.79 Å². The zero-order valence-electron chi connectivity index (χ0n) is 12.0. The number of amides is 1. The molecular formula is C16H17NO3S. The van der Waals surface area contributed by atoms with Crippen molar-refractivity contribution in [2.75, 3.05) is 6.61 Å². The summed E-state index contributed by atoms with van der Waals surface area (Å²) in [4.78, 5) is 24.7. The maximum absolute atomic E-state index is 12.0. The van der Waals surface area contributed by atoms with Crippen LogP contribution >= 0.6 is 11.3 Å². The Kier molecular flexibility index (Phi) is 5.11. The molecular weight excluding hydrogens is 286 g/mol. The van der Waals surface area contributed by atoms with Crippen LogP contribution in [-0.4, -0.2) is 18.5 Å². The normalized spacial score (nSPS) is 10.2. The van der Waals surface area contributed by atoms with Crippen LogP contribution in [0, 0.1) is 13.8 Å². The fourth-order valence-corrected chi connectivity index (χ4v) is 2.46. The number of esters is 1. The van der Waals surface area contributed by atoms with Crippen LogP contribution in [0.4, 0.5) is 0 Å². The molecule has 1 N–H and O–H groups in total. The molecule has 0 unspecified atom stereocenters. The minimum Gasteiger partial charge on any atom is -0.452 e. The number of hydrogen-bond acceptors (Lipinski definition) is 4. The first kappa shape index (κ1) is 15.3. The molecule has 0 aliphatic rings. The van der Waals surface area contributed by atoms with Crippen molar-refractivity contribution >= 4 is 23.2 Å². The average molecular weight is 303 g/mol. The van der Waals surface area contributed by atoms with Crippen molar-refractivity contribution in [3.63, 3.8) is 0 Å². The van der Waals surface area contributed by atoms with Crippen LogP contribution in [0.15, 0.2) is 35.7 Å². The van der Waals surface area contributed by atoms with Gasteiger partial charge in [0.15, 0.2) is 6.61 Å². The smallest absolute Gasteiger partial charge is 0.338 e. The molecule has 0 aliphatic carbocycles. The number of aryl methyl sites for hydroxylation is 2. The summed E-state index contributed by atoms with van der Waals surface area (Å²) in [6.07, 6.45) is 0. The number of benzene rings is 1. The van der Waals surface area contributed by atoms with Gasteiger partial charge in [-0.15, -0.1) is 11.3 Å². The van der Waals surface area contributed by atoms with Gasteiger partial charge in [-0.05, 0) is 36.9 Å². The number of carbonyl (C=O) groups is 2. The summed E-state index contributed by atoms with van der Waals surface area (Å²) in [5.41, 5.74) is 2.32. The van der Waals surface area contributed by atoms with Crippen molar-refractivity contribution in [2.45, 2.75) is 20.4 Å². The molecule has 5 heteroatoms. The molecule has 110 valence electrons. The summed E-state index contributed by atoms with van der Waals surface area (Å²) in [6, 6.07) is 9.42. The largest absolute Gasteiger partial charge is 0.452 e. The third-order valence-corrected chi connectivity index (χ3v) is 3.86. The first-order chi connectivity index (χ1) is 10.1. The van der Waals surface area contributed by atoms with E-state index in [4.69, 9.17) is 4.74 Å². The second-order valence-electron chi connectivity index (χ2n) is 4.75. The van der Waals surface area contributed by atoms with Gasteiger partial charge in [-0.1, -0.05) is 23.8 Å². The molecule has 0 radical (unpaired) electrons. The molecule has 0 spiro atoms. The molecule has 1 aromatic heterocycles. The highest BCUT2D eigenvalue weighted by Crippen LogP contribution is 2.12. The molecule has 2 rings (SSSR count). The van der Waals surface area contributed by atoms with Gasteiger partial charge in [0, 0.05) is 4.88 Å². The summed E-state index contributed by atoms with van der Waals surface area (Å²) in [6.45, 7) is 3.94. The lowest BCUT2D eigenvalue weighted by Crippen LogP contribution is -2.28. The molecule has 0 fully saturated rings. The quantitative estimate of drug-likeness (QED) is 0.864. The standard InChI is InChI=1S/C16H17NO3S/c1-11-5-6-12(2)14(8-11)16(19)20-10-15(18)17-9-13-4-3-7-21-13/h3-8H,9-10H2,1-2H3,(H,17,18). The van der Waals surface area contributed by atoms with Crippen LogP contribution in [0.5, 0.6) is 0 Å². The van der Waals surface area contributed by atoms with Crippen molar-refractivity contribution in [1.29, 1.82) is 0 Å². The van der Waals surface area contributed by atoms with E-state index >= 15 is 0 Å². The van der Waals surface area contributed by atoms with Crippen LogP contribution in [0.2, 0.25) is 0 Å². The minimum absolute atomic E-state index is 0.266. The highest BCUT2D eigenvalue weighted by molar-refractivity contribution is 7.09. The molecule has 2 aromatic rings. The molecule has 4 nitrogen and oxygen atoms in total. The molecule has 0 aliphatic heterocycles. The van der Waals surface area contributed by atoms with Crippen LogP contribution in [-0.2, 0) is 16.1 Å². The monoisotopic (exact) mass is 303 g/mol. The predicted octanol–water partition coefficient (Wildman–Crippen LogP) is 2.84. The number of carbonyl (C=O) groups excluding carboxylic acids is 2. The number of rotatable bonds is 5. The predicted molar refractivity (Wildman–Crippen MR) is 82.4 cm³/mol. The van der Waals surface area contributed by atoms with Crippen molar-refractivity contribution in [2.24, 2.45) is 0 Å². The SMILES string of the molecule is Cc1ccc(C)c(C(=O)OCC(=O)NCc2cccs2)c1. The van der Waals surface area contributed by atoms with E-state index in [0.29, 0.717) is 12.1 Å². The summed E-state index contributed by atoms with van der Waals surface area (Å²) in [5, 5.41) is 4.66. The van der Waals surface area contributed by atoms with E-state index in [1.807, 2.05) is 43.5 Å². The van der Waals surface area contributed by atoms with Gasteiger partial charge in [0.1, 0.15) is 0 Å². The maximum Gasteiger partial charge on any atom is 0.338 e. The summed E-state index contributed by atoms with van der Waals surface area (Å²) in [5.74, 6) is -0.774. The van der Waals surface area contributed by atoms with E-state index in [9.17, 15) is 9.59 Å². The summed E-state index contributed by atoms with van der Waals surface area (Å²) < 4.78 is 5.05. The first-order valence-corrected chi connectivity index (χ1v) is 7.47. The molecule has 0 saturated heterocycles. The zero-order chi connectivity index (χ0) is 15.2. The van der Waals surface area contributed by atoms with Gasteiger partial charge >= 0.3 is 5.97 Å². The second-order valence-corrected chi connectivity index (χ2v) is 5.78. The molecule has 21 heavy (non-hydrogen) atoms. The van der Waals surface area contributed by atoms with E-state index in [2.05, 4.69) is 5.32 Å².